The second-order valence-electron chi connectivity index (χ2n) is 7.01. The molecule has 0 atom stereocenters. The summed E-state index contributed by atoms with van der Waals surface area (Å²) in [6.07, 6.45) is -3.03. The summed E-state index contributed by atoms with van der Waals surface area (Å²) in [6, 6.07) is 12.3. The Kier molecular flexibility index (Phi) is 7.27. The van der Waals surface area contributed by atoms with Crippen molar-refractivity contribution in [2.24, 2.45) is 0 Å². The Morgan fingerprint density at radius 2 is 1.79 bits per heavy atom. The Morgan fingerprint density at radius 3 is 2.52 bits per heavy atom. The third kappa shape index (κ3) is 6.76. The molecular formula is C23H19F4N3O3. The monoisotopic (exact) mass is 461 g/mol. The van der Waals surface area contributed by atoms with Gasteiger partial charge >= 0.3 is 6.18 Å². The van der Waals surface area contributed by atoms with Gasteiger partial charge in [-0.3, -0.25) is 9.59 Å². The van der Waals surface area contributed by atoms with Crippen molar-refractivity contribution < 1.29 is 31.9 Å². The highest BCUT2D eigenvalue weighted by molar-refractivity contribution is 5.94. The van der Waals surface area contributed by atoms with Crippen molar-refractivity contribution in [1.82, 2.24) is 10.3 Å². The molecule has 1 heterocycles. The van der Waals surface area contributed by atoms with E-state index >= 15 is 0 Å². The predicted octanol–water partition coefficient (Wildman–Crippen LogP) is 4.96. The summed E-state index contributed by atoms with van der Waals surface area (Å²) in [5, 5.41) is 5.08. The fourth-order valence-corrected chi connectivity index (χ4v) is 2.93. The predicted molar refractivity (Wildman–Crippen MR) is 112 cm³/mol. The molecule has 0 radical (unpaired) electrons. The smallest absolute Gasteiger partial charge is 0.419 e. The van der Waals surface area contributed by atoms with Crippen molar-refractivity contribution in [3.8, 4) is 11.5 Å². The molecule has 0 saturated carbocycles. The first kappa shape index (κ1) is 23.7. The van der Waals surface area contributed by atoms with Crippen molar-refractivity contribution in [2.45, 2.75) is 19.5 Å². The Morgan fingerprint density at radius 1 is 1.03 bits per heavy atom. The van der Waals surface area contributed by atoms with Gasteiger partial charge in [0.2, 0.25) is 5.91 Å². The molecule has 2 aromatic carbocycles. The number of nitrogens with one attached hydrogen (secondary N) is 2. The van der Waals surface area contributed by atoms with Crippen molar-refractivity contribution >= 4 is 17.6 Å². The van der Waals surface area contributed by atoms with E-state index in [4.69, 9.17) is 4.74 Å². The minimum absolute atomic E-state index is 0.142. The second kappa shape index (κ2) is 10.1. The molecular weight excluding hydrogens is 442 g/mol. The molecule has 3 rings (SSSR count). The van der Waals surface area contributed by atoms with Crippen molar-refractivity contribution in [2.75, 3.05) is 11.9 Å². The van der Waals surface area contributed by atoms with E-state index in [2.05, 4.69) is 15.6 Å². The Bertz CT molecular complexity index is 1170. The van der Waals surface area contributed by atoms with Gasteiger partial charge in [-0.25, -0.2) is 9.37 Å². The molecule has 10 heteroatoms. The van der Waals surface area contributed by atoms with E-state index in [9.17, 15) is 27.2 Å². The number of carbonyl (C=O) groups excluding carboxylic acids is 2. The van der Waals surface area contributed by atoms with E-state index in [0.29, 0.717) is 35.9 Å². The van der Waals surface area contributed by atoms with E-state index in [0.717, 1.165) is 11.6 Å². The highest BCUT2D eigenvalue weighted by Gasteiger charge is 2.34. The van der Waals surface area contributed by atoms with Crippen molar-refractivity contribution in [3.63, 3.8) is 0 Å². The lowest BCUT2D eigenvalue weighted by molar-refractivity contribution is -0.140. The third-order valence-electron chi connectivity index (χ3n) is 4.40. The molecule has 2 amide bonds. The molecule has 2 N–H and O–H groups in total. The highest BCUT2D eigenvalue weighted by atomic mass is 19.4. The van der Waals surface area contributed by atoms with Crippen LogP contribution in [0.5, 0.6) is 11.5 Å². The van der Waals surface area contributed by atoms with Gasteiger partial charge in [0.05, 0.1) is 5.56 Å². The molecule has 0 saturated heterocycles. The SMILES string of the molecule is CC(=O)Nc1cc(Oc2cccc(CCNC(=O)c3ccc(F)c(C(F)(F)F)c3)c2)ccn1. The quantitative estimate of drug-likeness (QED) is 0.488. The van der Waals surface area contributed by atoms with Gasteiger partial charge in [-0.05, 0) is 48.4 Å². The molecule has 0 spiro atoms. The zero-order chi connectivity index (χ0) is 24.0. The number of ether oxygens (including phenoxy) is 1. The number of pyridine rings is 1. The Labute approximate surface area is 186 Å². The number of benzene rings is 2. The van der Waals surface area contributed by atoms with Gasteiger partial charge in [-0.15, -0.1) is 0 Å². The molecule has 0 unspecified atom stereocenters. The van der Waals surface area contributed by atoms with Gasteiger partial charge in [0.25, 0.3) is 5.91 Å². The molecule has 172 valence electrons. The number of hydrogen-bond donors (Lipinski definition) is 2. The number of anilines is 1. The summed E-state index contributed by atoms with van der Waals surface area (Å²) in [6.45, 7) is 1.51. The van der Waals surface area contributed by atoms with Crippen LogP contribution in [0.2, 0.25) is 0 Å². The number of rotatable bonds is 7. The van der Waals surface area contributed by atoms with Crippen LogP contribution in [-0.2, 0) is 17.4 Å². The summed E-state index contributed by atoms with van der Waals surface area (Å²) in [4.78, 5) is 27.3. The van der Waals surface area contributed by atoms with Crippen LogP contribution < -0.4 is 15.4 Å². The number of halogens is 4. The standard InChI is InChI=1S/C23H19F4N3O3/c1-14(31)30-21-13-18(8-10-28-21)33-17-4-2-3-15(11-17)7-9-29-22(32)16-5-6-20(24)19(12-16)23(25,26)27/h2-6,8,10-13H,7,9H2,1H3,(H,29,32)(H,28,30,31). The maximum atomic E-state index is 13.4. The number of amides is 2. The van der Waals surface area contributed by atoms with E-state index in [1.54, 1.807) is 36.4 Å². The summed E-state index contributed by atoms with van der Waals surface area (Å²) in [7, 11) is 0. The van der Waals surface area contributed by atoms with Gasteiger partial charge in [0, 0.05) is 31.3 Å². The van der Waals surface area contributed by atoms with Gasteiger partial charge in [0.1, 0.15) is 23.1 Å². The number of hydrogen-bond acceptors (Lipinski definition) is 4. The first-order valence-corrected chi connectivity index (χ1v) is 9.77. The fraction of sp³-hybridized carbons (Fsp3) is 0.174. The van der Waals surface area contributed by atoms with E-state index in [-0.39, 0.29) is 18.0 Å². The van der Waals surface area contributed by atoms with Crippen LogP contribution in [0.25, 0.3) is 0 Å². The summed E-state index contributed by atoms with van der Waals surface area (Å²) >= 11 is 0. The molecule has 1 aromatic heterocycles. The molecule has 0 aliphatic carbocycles. The van der Waals surface area contributed by atoms with Crippen LogP contribution in [0.1, 0.15) is 28.4 Å². The third-order valence-corrected chi connectivity index (χ3v) is 4.40. The molecule has 0 bridgehead atoms. The number of aromatic nitrogens is 1. The molecule has 33 heavy (non-hydrogen) atoms. The Hall–Kier alpha value is -3.95. The number of nitrogens with zero attached hydrogens (tertiary/aromatic N) is 1. The first-order valence-electron chi connectivity index (χ1n) is 9.77. The normalized spacial score (nSPS) is 11.1. The van der Waals surface area contributed by atoms with E-state index in [1.807, 2.05) is 0 Å². The number of carbonyl (C=O) groups is 2. The minimum atomic E-state index is -4.89. The highest BCUT2D eigenvalue weighted by Crippen LogP contribution is 2.32. The average Bonchev–Trinajstić information content (AvgIpc) is 2.73. The van der Waals surface area contributed by atoms with E-state index in [1.165, 1.54) is 13.1 Å². The maximum absolute atomic E-state index is 13.4. The lowest BCUT2D eigenvalue weighted by Gasteiger charge is -2.11. The summed E-state index contributed by atoms with van der Waals surface area (Å²) < 4.78 is 57.7. The van der Waals surface area contributed by atoms with Crippen LogP contribution in [-0.4, -0.2) is 23.3 Å². The molecule has 3 aromatic rings. The largest absolute Gasteiger partial charge is 0.457 e. The summed E-state index contributed by atoms with van der Waals surface area (Å²) in [5.41, 5.74) is -0.967. The molecule has 6 nitrogen and oxygen atoms in total. The van der Waals surface area contributed by atoms with Crippen LogP contribution >= 0.6 is 0 Å². The zero-order valence-corrected chi connectivity index (χ0v) is 17.4. The topological polar surface area (TPSA) is 80.3 Å². The second-order valence-corrected chi connectivity index (χ2v) is 7.01. The maximum Gasteiger partial charge on any atom is 0.419 e. The van der Waals surface area contributed by atoms with Crippen LogP contribution in [0.4, 0.5) is 23.4 Å². The fourth-order valence-electron chi connectivity index (χ4n) is 2.93. The lowest BCUT2D eigenvalue weighted by atomic mass is 10.1. The zero-order valence-electron chi connectivity index (χ0n) is 17.4. The summed E-state index contributed by atoms with van der Waals surface area (Å²) in [5.74, 6) is -1.14. The Balaban J connectivity index is 1.59. The van der Waals surface area contributed by atoms with E-state index < -0.39 is 23.5 Å². The lowest BCUT2D eigenvalue weighted by Crippen LogP contribution is -2.26. The number of alkyl halides is 3. The van der Waals surface area contributed by atoms with Crippen molar-refractivity contribution in [1.29, 1.82) is 0 Å². The van der Waals surface area contributed by atoms with Crippen molar-refractivity contribution in [3.05, 3.63) is 83.3 Å². The molecule has 0 aliphatic rings. The van der Waals surface area contributed by atoms with Crippen LogP contribution in [0.15, 0.2) is 60.8 Å². The molecule has 0 fully saturated rings. The van der Waals surface area contributed by atoms with Crippen LogP contribution in [0.3, 0.4) is 0 Å². The van der Waals surface area contributed by atoms with Gasteiger partial charge in [-0.2, -0.15) is 13.2 Å². The van der Waals surface area contributed by atoms with Gasteiger partial charge < -0.3 is 15.4 Å². The van der Waals surface area contributed by atoms with Crippen LogP contribution in [0, 0.1) is 5.82 Å². The minimum Gasteiger partial charge on any atom is -0.457 e. The first-order chi connectivity index (χ1) is 15.6. The average molecular weight is 461 g/mol. The molecule has 0 aliphatic heterocycles. The van der Waals surface area contributed by atoms with Gasteiger partial charge in [-0.1, -0.05) is 12.1 Å². The van der Waals surface area contributed by atoms with Gasteiger partial charge in [0.15, 0.2) is 0 Å².